The van der Waals surface area contributed by atoms with Crippen LogP contribution in [-0.4, -0.2) is 34.1 Å². The maximum absolute atomic E-state index is 9.52. The minimum Gasteiger partial charge on any atom is -0.390 e. The summed E-state index contributed by atoms with van der Waals surface area (Å²) in [6.07, 6.45) is 2.75. The van der Waals surface area contributed by atoms with E-state index in [0.29, 0.717) is 18.7 Å². The molecule has 1 aliphatic rings. The summed E-state index contributed by atoms with van der Waals surface area (Å²) < 4.78 is 1.64. The molecule has 2 heterocycles. The molecule has 2 atom stereocenters. The minimum atomic E-state index is -0.411. The summed E-state index contributed by atoms with van der Waals surface area (Å²) in [6.45, 7) is 1.29. The second-order valence-corrected chi connectivity index (χ2v) is 3.11. The Morgan fingerprint density at radius 2 is 2.54 bits per heavy atom. The second-order valence-electron chi connectivity index (χ2n) is 3.11. The van der Waals surface area contributed by atoms with Crippen molar-refractivity contribution in [1.29, 1.82) is 5.26 Å². The molecule has 13 heavy (non-hydrogen) atoms. The first-order valence-electron chi connectivity index (χ1n) is 4.14. The number of aromatic nitrogens is 2. The van der Waals surface area contributed by atoms with E-state index >= 15 is 0 Å². The highest BCUT2D eigenvalue weighted by Crippen LogP contribution is 2.14. The smallest absolute Gasteiger partial charge is 0.102 e. The van der Waals surface area contributed by atoms with Crippen LogP contribution in [0.5, 0.6) is 0 Å². The van der Waals surface area contributed by atoms with Crippen LogP contribution in [0.15, 0.2) is 12.4 Å². The van der Waals surface area contributed by atoms with Crippen LogP contribution < -0.4 is 5.32 Å². The molecule has 5 heteroatoms. The number of hydrogen-bond donors (Lipinski definition) is 2. The largest absolute Gasteiger partial charge is 0.390 e. The fourth-order valence-electron chi connectivity index (χ4n) is 1.50. The monoisotopic (exact) mass is 178 g/mol. The van der Waals surface area contributed by atoms with Crippen molar-refractivity contribution in [2.75, 3.05) is 13.1 Å². The molecule has 2 N–H and O–H groups in total. The third kappa shape index (κ3) is 1.41. The van der Waals surface area contributed by atoms with E-state index in [4.69, 9.17) is 5.26 Å². The predicted octanol–water partition coefficient (Wildman–Crippen LogP) is -0.740. The normalized spacial score (nSPS) is 27.4. The second kappa shape index (κ2) is 3.17. The molecule has 5 nitrogen and oxygen atoms in total. The van der Waals surface area contributed by atoms with Crippen LogP contribution in [0.4, 0.5) is 0 Å². The standard InChI is InChI=1S/C8H10N4O/c9-1-6-2-11-12(5-6)7-3-10-4-8(7)13/h2,5,7-8,10,13H,3-4H2/t7-,8-/m1/s1. The maximum atomic E-state index is 9.52. The van der Waals surface area contributed by atoms with E-state index in [1.165, 1.54) is 6.20 Å². The van der Waals surface area contributed by atoms with Gasteiger partial charge in [-0.05, 0) is 0 Å². The Labute approximate surface area is 75.6 Å². The third-order valence-corrected chi connectivity index (χ3v) is 2.22. The first-order chi connectivity index (χ1) is 6.31. The molecule has 1 fully saturated rings. The minimum absolute atomic E-state index is 0.0397. The van der Waals surface area contributed by atoms with E-state index in [9.17, 15) is 5.11 Å². The van der Waals surface area contributed by atoms with Gasteiger partial charge in [-0.2, -0.15) is 10.4 Å². The zero-order valence-electron chi connectivity index (χ0n) is 7.01. The molecule has 1 aromatic heterocycles. The fourth-order valence-corrected chi connectivity index (χ4v) is 1.50. The number of nitrogens with one attached hydrogen (secondary N) is 1. The number of nitrogens with zero attached hydrogens (tertiary/aromatic N) is 3. The first-order valence-corrected chi connectivity index (χ1v) is 4.14. The average Bonchev–Trinajstić information content (AvgIpc) is 2.71. The van der Waals surface area contributed by atoms with Gasteiger partial charge in [0.25, 0.3) is 0 Å². The van der Waals surface area contributed by atoms with Crippen molar-refractivity contribution in [3.63, 3.8) is 0 Å². The van der Waals surface area contributed by atoms with Crippen LogP contribution in [0.2, 0.25) is 0 Å². The molecule has 0 spiro atoms. The molecule has 68 valence electrons. The predicted molar refractivity (Wildman–Crippen MR) is 44.9 cm³/mol. The molecule has 1 saturated heterocycles. The van der Waals surface area contributed by atoms with E-state index in [2.05, 4.69) is 10.4 Å². The first kappa shape index (κ1) is 8.23. The zero-order chi connectivity index (χ0) is 9.26. The molecule has 0 amide bonds. The van der Waals surface area contributed by atoms with E-state index in [-0.39, 0.29) is 6.04 Å². The lowest BCUT2D eigenvalue weighted by atomic mass is 10.2. The molecule has 0 aliphatic carbocycles. The number of aliphatic hydroxyl groups is 1. The number of β-amino-alcohol motifs (C(OH)–C–C–N with tert-alkyl or cyclic N) is 1. The van der Waals surface area contributed by atoms with Crippen molar-refractivity contribution in [3.05, 3.63) is 18.0 Å². The summed E-state index contributed by atoms with van der Waals surface area (Å²) in [5.41, 5.74) is 0.527. The Bertz CT molecular complexity index is 340. The molecule has 0 saturated carbocycles. The van der Waals surface area contributed by atoms with Crippen molar-refractivity contribution in [3.8, 4) is 6.07 Å². The van der Waals surface area contributed by atoms with Crippen LogP contribution >= 0.6 is 0 Å². The van der Waals surface area contributed by atoms with Crippen molar-refractivity contribution < 1.29 is 5.11 Å². The van der Waals surface area contributed by atoms with Crippen molar-refractivity contribution >= 4 is 0 Å². The number of nitriles is 1. The molecule has 0 radical (unpaired) electrons. The van der Waals surface area contributed by atoms with Gasteiger partial charge in [-0.25, -0.2) is 0 Å². The summed E-state index contributed by atoms with van der Waals surface area (Å²) >= 11 is 0. The molecule has 0 aromatic carbocycles. The van der Waals surface area contributed by atoms with Gasteiger partial charge in [0, 0.05) is 19.3 Å². The van der Waals surface area contributed by atoms with E-state index in [1.54, 1.807) is 10.9 Å². The third-order valence-electron chi connectivity index (χ3n) is 2.22. The Hall–Kier alpha value is -1.38. The van der Waals surface area contributed by atoms with Gasteiger partial charge in [0.05, 0.1) is 23.9 Å². The average molecular weight is 178 g/mol. The van der Waals surface area contributed by atoms with Crippen molar-refractivity contribution in [2.45, 2.75) is 12.1 Å². The van der Waals surface area contributed by atoms with Crippen molar-refractivity contribution in [1.82, 2.24) is 15.1 Å². The zero-order valence-corrected chi connectivity index (χ0v) is 7.01. The Morgan fingerprint density at radius 1 is 1.69 bits per heavy atom. The maximum Gasteiger partial charge on any atom is 0.102 e. The van der Waals surface area contributed by atoms with Crippen LogP contribution in [0.1, 0.15) is 11.6 Å². The van der Waals surface area contributed by atoms with Crippen LogP contribution in [0.25, 0.3) is 0 Å². The summed E-state index contributed by atoms with van der Waals surface area (Å²) in [7, 11) is 0. The molecule has 1 aliphatic heterocycles. The number of aliphatic hydroxyl groups excluding tert-OH is 1. The highest BCUT2D eigenvalue weighted by atomic mass is 16.3. The topological polar surface area (TPSA) is 73.9 Å². The van der Waals surface area contributed by atoms with E-state index in [1.807, 2.05) is 6.07 Å². The molecule has 0 bridgehead atoms. The summed E-state index contributed by atoms with van der Waals surface area (Å²) in [4.78, 5) is 0. The SMILES string of the molecule is N#Cc1cnn([C@@H]2CNC[C@H]2O)c1. The highest BCUT2D eigenvalue weighted by molar-refractivity contribution is 5.22. The molecule has 1 aromatic rings. The Kier molecular flexibility index (Phi) is 2.00. The Morgan fingerprint density at radius 3 is 3.08 bits per heavy atom. The van der Waals surface area contributed by atoms with Gasteiger partial charge in [0.2, 0.25) is 0 Å². The lowest BCUT2D eigenvalue weighted by Crippen LogP contribution is -2.22. The van der Waals surface area contributed by atoms with Gasteiger partial charge in [-0.3, -0.25) is 4.68 Å². The molecule has 0 unspecified atom stereocenters. The van der Waals surface area contributed by atoms with Gasteiger partial charge in [-0.15, -0.1) is 0 Å². The molecular formula is C8H10N4O. The lowest BCUT2D eigenvalue weighted by Gasteiger charge is -2.12. The van der Waals surface area contributed by atoms with Crippen molar-refractivity contribution in [2.24, 2.45) is 0 Å². The van der Waals surface area contributed by atoms with Crippen LogP contribution in [0, 0.1) is 11.3 Å². The van der Waals surface area contributed by atoms with Gasteiger partial charge in [0.15, 0.2) is 0 Å². The Balaban J connectivity index is 2.21. The molecule has 2 rings (SSSR count). The van der Waals surface area contributed by atoms with E-state index < -0.39 is 6.10 Å². The summed E-state index contributed by atoms with van der Waals surface area (Å²) in [5.74, 6) is 0. The van der Waals surface area contributed by atoms with E-state index in [0.717, 1.165) is 0 Å². The van der Waals surface area contributed by atoms with Crippen LogP contribution in [-0.2, 0) is 0 Å². The number of hydrogen-bond acceptors (Lipinski definition) is 4. The molecular weight excluding hydrogens is 168 g/mol. The lowest BCUT2D eigenvalue weighted by molar-refractivity contribution is 0.145. The van der Waals surface area contributed by atoms with Crippen LogP contribution in [0.3, 0.4) is 0 Å². The fraction of sp³-hybridized carbons (Fsp3) is 0.500. The summed E-state index contributed by atoms with van der Waals surface area (Å²) in [5, 5.41) is 25.2. The van der Waals surface area contributed by atoms with Gasteiger partial charge in [0.1, 0.15) is 6.07 Å². The van der Waals surface area contributed by atoms with Gasteiger partial charge in [-0.1, -0.05) is 0 Å². The quantitative estimate of drug-likeness (QED) is 0.594. The van der Waals surface area contributed by atoms with Gasteiger partial charge >= 0.3 is 0 Å². The summed E-state index contributed by atoms with van der Waals surface area (Å²) in [6, 6.07) is 1.96. The highest BCUT2D eigenvalue weighted by Gasteiger charge is 2.26. The number of rotatable bonds is 1. The van der Waals surface area contributed by atoms with Gasteiger partial charge < -0.3 is 10.4 Å².